The number of hydrogen-bond donors (Lipinski definition) is 1. The molecule has 3 aromatic rings. The maximum absolute atomic E-state index is 12.3. The Balaban J connectivity index is 1.42. The van der Waals surface area contributed by atoms with Crippen molar-refractivity contribution in [1.29, 1.82) is 0 Å². The first kappa shape index (κ1) is 26.4. The Morgan fingerprint density at radius 3 is 2.43 bits per heavy atom. The van der Waals surface area contributed by atoms with E-state index < -0.39 is 0 Å². The number of piperazine rings is 1. The average Bonchev–Trinajstić information content (AvgIpc) is 2.90. The molecule has 194 valence electrons. The highest BCUT2D eigenvalue weighted by Crippen LogP contribution is 2.28. The maximum atomic E-state index is 12.3. The van der Waals surface area contributed by atoms with Gasteiger partial charge in [0.05, 0.1) is 0 Å². The van der Waals surface area contributed by atoms with Gasteiger partial charge in [-0.3, -0.25) is 14.7 Å². The summed E-state index contributed by atoms with van der Waals surface area (Å²) in [6, 6.07) is 12.2. The number of amides is 1. The zero-order chi connectivity index (χ0) is 26.5. The van der Waals surface area contributed by atoms with E-state index in [1.54, 1.807) is 19.0 Å². The monoisotopic (exact) mass is 498 g/mol. The molecular formula is C30H38N6O. The molecule has 37 heavy (non-hydrogen) atoms. The third-order valence-corrected chi connectivity index (χ3v) is 6.95. The van der Waals surface area contributed by atoms with Crippen molar-refractivity contribution in [3.63, 3.8) is 0 Å². The topological polar surface area (TPSA) is 64.6 Å². The first-order valence-corrected chi connectivity index (χ1v) is 12.8. The summed E-state index contributed by atoms with van der Waals surface area (Å²) in [5, 5.41) is 3.08. The Labute approximate surface area is 220 Å². The minimum absolute atomic E-state index is 0.0417. The van der Waals surface area contributed by atoms with Crippen LogP contribution in [0.15, 0.2) is 54.4 Å². The van der Waals surface area contributed by atoms with Crippen LogP contribution in [0.2, 0.25) is 0 Å². The second-order valence-electron chi connectivity index (χ2n) is 9.99. The third-order valence-electron chi connectivity index (χ3n) is 6.95. The van der Waals surface area contributed by atoms with Crippen molar-refractivity contribution >= 4 is 23.5 Å². The number of rotatable bonds is 7. The molecule has 4 rings (SSSR count). The Bertz CT molecular complexity index is 1270. The van der Waals surface area contributed by atoms with Gasteiger partial charge < -0.3 is 15.1 Å². The van der Waals surface area contributed by atoms with Gasteiger partial charge in [-0.15, -0.1) is 0 Å². The molecule has 1 saturated heterocycles. The molecule has 0 radical (unpaired) electrons. The van der Waals surface area contributed by atoms with Crippen molar-refractivity contribution in [3.8, 4) is 11.1 Å². The van der Waals surface area contributed by atoms with Crippen LogP contribution >= 0.6 is 0 Å². The molecular weight excluding hydrogens is 460 g/mol. The predicted molar refractivity (Wildman–Crippen MR) is 153 cm³/mol. The average molecular weight is 499 g/mol. The molecule has 3 heterocycles. The van der Waals surface area contributed by atoms with Gasteiger partial charge in [-0.25, -0.2) is 4.98 Å². The van der Waals surface area contributed by atoms with E-state index in [1.165, 1.54) is 11.3 Å². The van der Waals surface area contributed by atoms with Gasteiger partial charge in [-0.2, -0.15) is 0 Å². The predicted octanol–water partition coefficient (Wildman–Crippen LogP) is 4.73. The molecule has 0 unspecified atom stereocenters. The fourth-order valence-corrected chi connectivity index (χ4v) is 4.91. The minimum atomic E-state index is 0.0417. The molecule has 0 saturated carbocycles. The van der Waals surface area contributed by atoms with Gasteiger partial charge in [-0.05, 0) is 68.3 Å². The fourth-order valence-electron chi connectivity index (χ4n) is 4.91. The summed E-state index contributed by atoms with van der Waals surface area (Å²) in [5.41, 5.74) is 8.83. The smallest absolute Gasteiger partial charge is 0.253 e. The van der Waals surface area contributed by atoms with Crippen molar-refractivity contribution in [1.82, 2.24) is 19.8 Å². The molecule has 0 aliphatic carbocycles. The number of carbonyl (C=O) groups excluding carboxylic acids is 1. The Hall–Kier alpha value is -3.71. The lowest BCUT2D eigenvalue weighted by Gasteiger charge is -2.37. The van der Waals surface area contributed by atoms with Gasteiger partial charge in [0, 0.05) is 94.3 Å². The second-order valence-corrected chi connectivity index (χ2v) is 9.99. The quantitative estimate of drug-likeness (QED) is 0.508. The van der Waals surface area contributed by atoms with Crippen molar-refractivity contribution in [2.45, 2.75) is 20.8 Å². The van der Waals surface area contributed by atoms with Crippen LogP contribution in [0.5, 0.6) is 0 Å². The molecule has 7 nitrogen and oxygen atoms in total. The number of nitrogens with zero attached hydrogens (tertiary/aromatic N) is 5. The number of carbonyl (C=O) groups is 1. The lowest BCUT2D eigenvalue weighted by atomic mass is 9.98. The number of hydrogen-bond acceptors (Lipinski definition) is 6. The van der Waals surface area contributed by atoms with Crippen LogP contribution in [0.4, 0.5) is 11.5 Å². The van der Waals surface area contributed by atoms with Crippen LogP contribution in [0.25, 0.3) is 17.2 Å². The number of nitrogens with one attached hydrogen (secondary N) is 1. The zero-order valence-corrected chi connectivity index (χ0v) is 22.9. The highest BCUT2D eigenvalue weighted by Gasteiger charge is 2.20. The lowest BCUT2D eigenvalue weighted by Crippen LogP contribution is -2.47. The summed E-state index contributed by atoms with van der Waals surface area (Å²) in [5.74, 6) is 0.898. The van der Waals surface area contributed by atoms with Crippen LogP contribution < -0.4 is 10.2 Å². The highest BCUT2D eigenvalue weighted by atomic mass is 16.2. The first-order chi connectivity index (χ1) is 17.8. The van der Waals surface area contributed by atoms with E-state index in [9.17, 15) is 4.79 Å². The molecule has 1 aliphatic rings. The van der Waals surface area contributed by atoms with Crippen molar-refractivity contribution in [3.05, 3.63) is 76.7 Å². The number of anilines is 2. The minimum Gasteiger partial charge on any atom is -0.373 e. The Kier molecular flexibility index (Phi) is 8.24. The first-order valence-electron chi connectivity index (χ1n) is 12.8. The molecule has 0 atom stereocenters. The van der Waals surface area contributed by atoms with E-state index in [4.69, 9.17) is 0 Å². The number of pyridine rings is 2. The summed E-state index contributed by atoms with van der Waals surface area (Å²) in [4.78, 5) is 27.9. The summed E-state index contributed by atoms with van der Waals surface area (Å²) in [6.07, 6.45) is 6.06. The van der Waals surface area contributed by atoms with E-state index >= 15 is 0 Å². The van der Waals surface area contributed by atoms with Crippen LogP contribution in [0.3, 0.4) is 0 Å². The van der Waals surface area contributed by atoms with Gasteiger partial charge in [0.15, 0.2) is 0 Å². The Morgan fingerprint density at radius 1 is 1.05 bits per heavy atom. The van der Waals surface area contributed by atoms with Crippen LogP contribution in [-0.4, -0.2) is 79.5 Å². The van der Waals surface area contributed by atoms with Crippen molar-refractivity contribution in [2.75, 3.05) is 64.1 Å². The molecule has 1 aromatic carbocycles. The van der Waals surface area contributed by atoms with E-state index in [0.29, 0.717) is 0 Å². The standard InChI is InChI=1S/C30H38N6O/c1-21(17-27-23(3)32-12-11-26(27)25-8-10-29(31-4)33-19-25)20-35-13-15-36(16-14-35)28-9-7-24(18-22(28)2)30(37)34(5)6/h7-12,17-19H,13-16,20H2,1-6H3,(H,31,33)/b21-17+. The molecule has 1 fully saturated rings. The summed E-state index contributed by atoms with van der Waals surface area (Å²) in [7, 11) is 5.45. The Morgan fingerprint density at radius 2 is 1.81 bits per heavy atom. The van der Waals surface area contributed by atoms with E-state index in [1.807, 2.05) is 37.6 Å². The van der Waals surface area contributed by atoms with Crippen molar-refractivity contribution < 1.29 is 4.79 Å². The maximum Gasteiger partial charge on any atom is 0.253 e. The van der Waals surface area contributed by atoms with Gasteiger partial charge in [0.2, 0.25) is 0 Å². The summed E-state index contributed by atoms with van der Waals surface area (Å²) >= 11 is 0. The largest absolute Gasteiger partial charge is 0.373 e. The van der Waals surface area contributed by atoms with Gasteiger partial charge in [0.1, 0.15) is 5.82 Å². The summed E-state index contributed by atoms with van der Waals surface area (Å²) < 4.78 is 0. The molecule has 1 amide bonds. The van der Waals surface area contributed by atoms with E-state index in [2.05, 4.69) is 70.1 Å². The van der Waals surface area contributed by atoms with Gasteiger partial charge in [-0.1, -0.05) is 11.6 Å². The van der Waals surface area contributed by atoms with E-state index in [-0.39, 0.29) is 5.91 Å². The van der Waals surface area contributed by atoms with Crippen LogP contribution in [-0.2, 0) is 0 Å². The number of benzene rings is 1. The normalized spacial score (nSPS) is 14.5. The van der Waals surface area contributed by atoms with Gasteiger partial charge in [0.25, 0.3) is 5.91 Å². The number of aromatic nitrogens is 2. The highest BCUT2D eigenvalue weighted by molar-refractivity contribution is 5.94. The zero-order valence-electron chi connectivity index (χ0n) is 22.9. The van der Waals surface area contributed by atoms with Crippen LogP contribution in [0, 0.1) is 13.8 Å². The molecule has 7 heteroatoms. The second kappa shape index (κ2) is 11.6. The molecule has 0 bridgehead atoms. The molecule has 0 spiro atoms. The van der Waals surface area contributed by atoms with Gasteiger partial charge >= 0.3 is 0 Å². The fraction of sp³-hybridized carbons (Fsp3) is 0.367. The lowest BCUT2D eigenvalue weighted by molar-refractivity contribution is 0.0827. The SMILES string of the molecule is CNc1ccc(-c2ccnc(C)c2/C=C(\C)CN2CCN(c3ccc(C(=O)N(C)C)cc3C)CC2)cn1. The van der Waals surface area contributed by atoms with Crippen LogP contribution in [0.1, 0.15) is 34.1 Å². The summed E-state index contributed by atoms with van der Waals surface area (Å²) in [6.45, 7) is 11.2. The number of aryl methyl sites for hydroxylation is 2. The third kappa shape index (κ3) is 6.17. The molecule has 2 aromatic heterocycles. The molecule has 1 aliphatic heterocycles. The molecule has 1 N–H and O–H groups in total. The van der Waals surface area contributed by atoms with Crippen molar-refractivity contribution in [2.24, 2.45) is 0 Å². The van der Waals surface area contributed by atoms with E-state index in [0.717, 1.165) is 72.1 Å².